The summed E-state index contributed by atoms with van der Waals surface area (Å²) in [6.07, 6.45) is 0. The monoisotopic (exact) mass is 378 g/mol. The van der Waals surface area contributed by atoms with Crippen molar-refractivity contribution < 1.29 is 14.3 Å². The summed E-state index contributed by atoms with van der Waals surface area (Å²) >= 11 is 1.63. The summed E-state index contributed by atoms with van der Waals surface area (Å²) in [5, 5.41) is -0.185. The van der Waals surface area contributed by atoms with Crippen LogP contribution in [0, 0.1) is 5.92 Å². The Morgan fingerprint density at radius 3 is 2.50 bits per heavy atom. The van der Waals surface area contributed by atoms with Gasteiger partial charge in [-0.05, 0) is 26.8 Å². The van der Waals surface area contributed by atoms with Crippen molar-refractivity contribution in [2.24, 2.45) is 5.92 Å². The van der Waals surface area contributed by atoms with Gasteiger partial charge in [0.2, 0.25) is 11.8 Å². The largest absolute Gasteiger partial charge is 0.496 e. The number of hydrogen-bond acceptors (Lipinski definition) is 4. The van der Waals surface area contributed by atoms with E-state index in [9.17, 15) is 9.59 Å². The Hall–Kier alpha value is -1.69. The Morgan fingerprint density at radius 1 is 1.27 bits per heavy atom. The average Bonchev–Trinajstić information content (AvgIpc) is 2.89. The molecule has 1 saturated heterocycles. The van der Waals surface area contributed by atoms with Crippen LogP contribution in [0.3, 0.4) is 0 Å². The molecule has 1 aliphatic heterocycles. The van der Waals surface area contributed by atoms with Crippen LogP contribution in [0.2, 0.25) is 0 Å². The van der Waals surface area contributed by atoms with Gasteiger partial charge in [-0.15, -0.1) is 11.8 Å². The maximum Gasteiger partial charge on any atom is 0.236 e. The van der Waals surface area contributed by atoms with Crippen molar-refractivity contribution in [2.45, 2.75) is 51.3 Å². The predicted octanol–water partition coefficient (Wildman–Crippen LogP) is 3.55. The number of ether oxygens (including phenoxy) is 1. The quantitative estimate of drug-likeness (QED) is 0.728. The molecule has 0 bridgehead atoms. The van der Waals surface area contributed by atoms with E-state index in [2.05, 4.69) is 0 Å². The molecule has 144 valence electrons. The number of methoxy groups -OCH3 is 1. The average molecular weight is 379 g/mol. The highest BCUT2D eigenvalue weighted by atomic mass is 32.2. The zero-order valence-electron chi connectivity index (χ0n) is 16.6. The Bertz CT molecular complexity index is 648. The molecule has 2 rings (SSSR count). The molecule has 0 aromatic heterocycles. The molecule has 1 fully saturated rings. The van der Waals surface area contributed by atoms with E-state index in [0.717, 1.165) is 11.3 Å². The van der Waals surface area contributed by atoms with Gasteiger partial charge in [-0.1, -0.05) is 32.0 Å². The fraction of sp³-hybridized carbons (Fsp3) is 0.600. The molecule has 2 atom stereocenters. The van der Waals surface area contributed by atoms with Crippen LogP contribution in [0.25, 0.3) is 0 Å². The van der Waals surface area contributed by atoms with Crippen molar-refractivity contribution in [3.63, 3.8) is 0 Å². The van der Waals surface area contributed by atoms with E-state index in [-0.39, 0.29) is 34.4 Å². The zero-order valence-corrected chi connectivity index (χ0v) is 17.4. The summed E-state index contributed by atoms with van der Waals surface area (Å²) in [5.41, 5.74) is 1.00. The molecule has 1 aromatic carbocycles. The maximum atomic E-state index is 12.7. The summed E-state index contributed by atoms with van der Waals surface area (Å²) in [5.74, 6) is 0.980. The van der Waals surface area contributed by atoms with Gasteiger partial charge < -0.3 is 14.5 Å². The highest BCUT2D eigenvalue weighted by molar-refractivity contribution is 8.01. The zero-order chi connectivity index (χ0) is 19.4. The summed E-state index contributed by atoms with van der Waals surface area (Å²) in [6.45, 7) is 10.9. The first-order valence-electron chi connectivity index (χ1n) is 9.17. The molecular weight excluding hydrogens is 348 g/mol. The van der Waals surface area contributed by atoms with Crippen LogP contribution >= 0.6 is 11.8 Å². The lowest BCUT2D eigenvalue weighted by Gasteiger charge is -2.32. The molecule has 0 radical (unpaired) electrons. The molecule has 0 unspecified atom stereocenters. The van der Waals surface area contributed by atoms with E-state index in [1.165, 1.54) is 0 Å². The van der Waals surface area contributed by atoms with E-state index in [0.29, 0.717) is 13.1 Å². The number of para-hydroxylation sites is 1. The third-order valence-corrected chi connectivity index (χ3v) is 6.01. The van der Waals surface area contributed by atoms with Crippen molar-refractivity contribution in [1.29, 1.82) is 0 Å². The minimum absolute atomic E-state index is 0.0509. The number of thioether (sulfide) groups is 1. The van der Waals surface area contributed by atoms with Crippen LogP contribution in [0.15, 0.2) is 24.3 Å². The number of carbonyl (C=O) groups excluding carboxylic acids is 2. The van der Waals surface area contributed by atoms with Gasteiger partial charge in [0.25, 0.3) is 0 Å². The predicted molar refractivity (Wildman–Crippen MR) is 106 cm³/mol. The van der Waals surface area contributed by atoms with Gasteiger partial charge in [0, 0.05) is 30.6 Å². The molecule has 0 N–H and O–H groups in total. The Balaban J connectivity index is 2.21. The molecular formula is C20H30N2O3S. The molecule has 1 aliphatic rings. The molecule has 0 spiro atoms. The minimum atomic E-state index is -0.0989. The molecule has 5 nitrogen and oxygen atoms in total. The van der Waals surface area contributed by atoms with E-state index < -0.39 is 0 Å². The summed E-state index contributed by atoms with van der Waals surface area (Å²) in [7, 11) is 1.65. The van der Waals surface area contributed by atoms with Gasteiger partial charge in [0.15, 0.2) is 0 Å². The molecule has 1 heterocycles. The number of carbonyl (C=O) groups is 2. The van der Waals surface area contributed by atoms with Crippen molar-refractivity contribution >= 4 is 23.6 Å². The molecule has 6 heteroatoms. The molecule has 0 aliphatic carbocycles. The molecule has 1 aromatic rings. The lowest BCUT2D eigenvalue weighted by Crippen LogP contribution is -2.45. The summed E-state index contributed by atoms with van der Waals surface area (Å²) in [6, 6.07) is 7.93. The summed E-state index contributed by atoms with van der Waals surface area (Å²) < 4.78 is 5.49. The number of hydrogen-bond donors (Lipinski definition) is 0. The van der Waals surface area contributed by atoms with Gasteiger partial charge in [-0.25, -0.2) is 0 Å². The first-order valence-corrected chi connectivity index (χ1v) is 10.1. The highest BCUT2D eigenvalue weighted by Crippen LogP contribution is 2.45. The molecule has 26 heavy (non-hydrogen) atoms. The normalized spacial score (nSPS) is 20.2. The van der Waals surface area contributed by atoms with Gasteiger partial charge in [0.1, 0.15) is 11.1 Å². The molecule has 0 saturated carbocycles. The Kier molecular flexibility index (Phi) is 6.98. The fourth-order valence-corrected chi connectivity index (χ4v) is 4.52. The SMILES string of the molecule is COc1ccccc1[C@@H]1S[C@@H](C)C(=O)N1CCN(C(=O)C(C)C)C(C)C. The van der Waals surface area contributed by atoms with Crippen LogP contribution in [-0.2, 0) is 9.59 Å². The minimum Gasteiger partial charge on any atom is -0.496 e. The standard InChI is InChI=1S/C20H30N2O3S/c1-13(2)18(23)21(14(3)4)11-12-22-19(24)15(5)26-20(22)16-9-7-8-10-17(16)25-6/h7-10,13-15,20H,11-12H2,1-6H3/t15-,20-/m0/s1. The third-order valence-electron chi connectivity index (χ3n) is 4.63. The lowest BCUT2D eigenvalue weighted by atomic mass is 10.1. The van der Waals surface area contributed by atoms with Crippen LogP contribution in [0.1, 0.15) is 45.6 Å². The maximum absolute atomic E-state index is 12.7. The van der Waals surface area contributed by atoms with E-state index in [4.69, 9.17) is 4.74 Å². The Labute approximate surface area is 161 Å². The van der Waals surface area contributed by atoms with E-state index in [1.54, 1.807) is 18.9 Å². The smallest absolute Gasteiger partial charge is 0.236 e. The van der Waals surface area contributed by atoms with Crippen molar-refractivity contribution in [3.05, 3.63) is 29.8 Å². The van der Waals surface area contributed by atoms with Crippen LogP contribution in [0.5, 0.6) is 5.75 Å². The number of amides is 2. The van der Waals surface area contributed by atoms with Crippen molar-refractivity contribution in [2.75, 3.05) is 20.2 Å². The number of rotatable bonds is 7. The van der Waals surface area contributed by atoms with Crippen LogP contribution in [-0.4, -0.2) is 53.1 Å². The summed E-state index contributed by atoms with van der Waals surface area (Å²) in [4.78, 5) is 29.0. The second-order valence-electron chi connectivity index (χ2n) is 7.18. The van der Waals surface area contributed by atoms with Gasteiger partial charge in [0.05, 0.1) is 12.4 Å². The van der Waals surface area contributed by atoms with E-state index in [1.807, 2.05) is 68.7 Å². The fourth-order valence-electron chi connectivity index (χ4n) is 3.18. The topological polar surface area (TPSA) is 49.9 Å². The second kappa shape index (κ2) is 8.80. The number of nitrogens with zero attached hydrogens (tertiary/aromatic N) is 2. The first kappa shape index (κ1) is 20.6. The van der Waals surface area contributed by atoms with Crippen LogP contribution < -0.4 is 4.74 Å². The van der Waals surface area contributed by atoms with Gasteiger partial charge in [-0.2, -0.15) is 0 Å². The molecule has 2 amide bonds. The third kappa shape index (κ3) is 4.34. The number of benzene rings is 1. The van der Waals surface area contributed by atoms with Crippen molar-refractivity contribution in [1.82, 2.24) is 9.80 Å². The Morgan fingerprint density at radius 2 is 1.92 bits per heavy atom. The van der Waals surface area contributed by atoms with Gasteiger partial charge in [-0.3, -0.25) is 9.59 Å². The lowest BCUT2D eigenvalue weighted by molar-refractivity contribution is -0.138. The van der Waals surface area contributed by atoms with Gasteiger partial charge >= 0.3 is 0 Å². The van der Waals surface area contributed by atoms with E-state index >= 15 is 0 Å². The van der Waals surface area contributed by atoms with Crippen LogP contribution in [0.4, 0.5) is 0 Å². The second-order valence-corrected chi connectivity index (χ2v) is 8.61. The highest BCUT2D eigenvalue weighted by Gasteiger charge is 2.39. The van der Waals surface area contributed by atoms with Crippen molar-refractivity contribution in [3.8, 4) is 5.75 Å². The first-order chi connectivity index (χ1) is 12.3.